The Labute approximate surface area is 162 Å². The van der Waals surface area contributed by atoms with Crippen molar-refractivity contribution in [3.05, 3.63) is 59.7 Å². The van der Waals surface area contributed by atoms with Gasteiger partial charge in [-0.1, -0.05) is 12.1 Å². The average molecular weight is 404 g/mol. The van der Waals surface area contributed by atoms with Crippen LogP contribution in [0.2, 0.25) is 0 Å². The van der Waals surface area contributed by atoms with Crippen molar-refractivity contribution >= 4 is 27.5 Å². The predicted molar refractivity (Wildman–Crippen MR) is 102 cm³/mol. The molecule has 28 heavy (non-hydrogen) atoms. The van der Waals surface area contributed by atoms with Crippen molar-refractivity contribution < 1.29 is 27.9 Å². The van der Waals surface area contributed by atoms with Crippen LogP contribution in [0.15, 0.2) is 53.4 Å². The molecule has 1 aliphatic heterocycles. The lowest BCUT2D eigenvalue weighted by atomic mass is 10.1. The molecule has 9 heteroatoms. The fraction of sp³-hybridized carbons (Fsp3) is 0.263. The highest BCUT2D eigenvalue weighted by Gasteiger charge is 2.26. The molecule has 0 unspecified atom stereocenters. The van der Waals surface area contributed by atoms with Gasteiger partial charge in [0.2, 0.25) is 10.0 Å². The van der Waals surface area contributed by atoms with Crippen LogP contribution in [-0.4, -0.2) is 62.4 Å². The summed E-state index contributed by atoms with van der Waals surface area (Å²) in [5, 5.41) is 11.8. The molecule has 0 radical (unpaired) electrons. The van der Waals surface area contributed by atoms with E-state index in [2.05, 4.69) is 5.32 Å². The number of Topliss-reactive ketones (excluding diaryl/α,β-unsaturated/α-hetero) is 1. The molecule has 1 fully saturated rings. The lowest BCUT2D eigenvalue weighted by Gasteiger charge is -2.26. The van der Waals surface area contributed by atoms with Crippen molar-refractivity contribution in [3.8, 4) is 0 Å². The molecule has 1 aliphatic rings. The molecule has 2 N–H and O–H groups in total. The van der Waals surface area contributed by atoms with E-state index in [-0.39, 0.29) is 41.4 Å². The van der Waals surface area contributed by atoms with Crippen molar-refractivity contribution in [2.24, 2.45) is 0 Å². The second kappa shape index (κ2) is 8.51. The zero-order valence-electron chi connectivity index (χ0n) is 15.0. The summed E-state index contributed by atoms with van der Waals surface area (Å²) in [4.78, 5) is 23.4. The SMILES string of the molecule is O=C(O)c1ccc(NCC(=O)c2cccc(S(=O)(=O)N3CCOCC3)c2)cc1. The van der Waals surface area contributed by atoms with E-state index < -0.39 is 16.0 Å². The highest BCUT2D eigenvalue weighted by Crippen LogP contribution is 2.19. The van der Waals surface area contributed by atoms with Gasteiger partial charge in [0.1, 0.15) is 0 Å². The van der Waals surface area contributed by atoms with Crippen molar-refractivity contribution in [2.45, 2.75) is 4.90 Å². The molecule has 0 amide bonds. The molecule has 0 aliphatic carbocycles. The van der Waals surface area contributed by atoms with Gasteiger partial charge in [0.25, 0.3) is 0 Å². The van der Waals surface area contributed by atoms with Crippen LogP contribution in [-0.2, 0) is 14.8 Å². The van der Waals surface area contributed by atoms with Gasteiger partial charge >= 0.3 is 5.97 Å². The maximum Gasteiger partial charge on any atom is 0.335 e. The lowest BCUT2D eigenvalue weighted by Crippen LogP contribution is -2.40. The van der Waals surface area contributed by atoms with Crippen LogP contribution >= 0.6 is 0 Å². The molecule has 1 heterocycles. The molecular weight excluding hydrogens is 384 g/mol. The molecule has 0 spiro atoms. The number of carbonyl (C=O) groups is 2. The number of sulfonamides is 1. The molecular formula is C19H20N2O6S. The number of hydrogen-bond donors (Lipinski definition) is 2. The minimum absolute atomic E-state index is 0.0481. The Morgan fingerprint density at radius 1 is 1.04 bits per heavy atom. The van der Waals surface area contributed by atoms with Gasteiger partial charge in [0.05, 0.1) is 30.2 Å². The van der Waals surface area contributed by atoms with Crippen LogP contribution < -0.4 is 5.32 Å². The number of carbonyl (C=O) groups excluding carboxylic acids is 1. The first-order valence-electron chi connectivity index (χ1n) is 8.66. The van der Waals surface area contributed by atoms with Crippen LogP contribution in [0, 0.1) is 0 Å². The van der Waals surface area contributed by atoms with E-state index in [1.54, 1.807) is 24.3 Å². The van der Waals surface area contributed by atoms with Gasteiger partial charge in [-0.05, 0) is 36.4 Å². The van der Waals surface area contributed by atoms with E-state index in [1.165, 1.54) is 28.6 Å². The zero-order chi connectivity index (χ0) is 20.1. The number of carboxylic acids is 1. The minimum atomic E-state index is -3.67. The Morgan fingerprint density at radius 2 is 1.71 bits per heavy atom. The number of anilines is 1. The molecule has 1 saturated heterocycles. The van der Waals surface area contributed by atoms with E-state index in [1.807, 2.05) is 0 Å². The predicted octanol–water partition coefficient (Wildman–Crippen LogP) is 1.70. The first-order chi connectivity index (χ1) is 13.4. The third-order valence-corrected chi connectivity index (χ3v) is 6.24. The molecule has 2 aromatic rings. The Balaban J connectivity index is 1.69. The van der Waals surface area contributed by atoms with Gasteiger partial charge in [-0.3, -0.25) is 4.79 Å². The van der Waals surface area contributed by atoms with E-state index >= 15 is 0 Å². The Bertz CT molecular complexity index is 966. The summed E-state index contributed by atoms with van der Waals surface area (Å²) in [5.74, 6) is -1.30. The van der Waals surface area contributed by atoms with Crippen LogP contribution in [0.25, 0.3) is 0 Å². The van der Waals surface area contributed by atoms with Gasteiger partial charge in [-0.25, -0.2) is 13.2 Å². The van der Waals surface area contributed by atoms with Gasteiger partial charge in [-0.2, -0.15) is 4.31 Å². The molecule has 0 atom stereocenters. The van der Waals surface area contributed by atoms with E-state index in [9.17, 15) is 18.0 Å². The maximum atomic E-state index is 12.7. The average Bonchev–Trinajstić information content (AvgIpc) is 2.73. The number of ether oxygens (including phenoxy) is 1. The number of morpholine rings is 1. The minimum Gasteiger partial charge on any atom is -0.478 e. The van der Waals surface area contributed by atoms with Crippen LogP contribution in [0.4, 0.5) is 5.69 Å². The molecule has 8 nitrogen and oxygen atoms in total. The monoisotopic (exact) mass is 404 g/mol. The zero-order valence-corrected chi connectivity index (χ0v) is 15.8. The number of hydrogen-bond acceptors (Lipinski definition) is 6. The molecule has 0 bridgehead atoms. The second-order valence-corrected chi connectivity index (χ2v) is 8.14. The van der Waals surface area contributed by atoms with Crippen molar-refractivity contribution in [2.75, 3.05) is 38.2 Å². The summed E-state index contributed by atoms with van der Waals surface area (Å²) < 4.78 is 32.0. The third kappa shape index (κ3) is 4.56. The van der Waals surface area contributed by atoms with Gasteiger partial charge in [0, 0.05) is 24.3 Å². The normalized spacial score (nSPS) is 15.1. The van der Waals surface area contributed by atoms with Crippen LogP contribution in [0.5, 0.6) is 0 Å². The summed E-state index contributed by atoms with van der Waals surface area (Å²) >= 11 is 0. The molecule has 148 valence electrons. The van der Waals surface area contributed by atoms with E-state index in [0.29, 0.717) is 18.9 Å². The summed E-state index contributed by atoms with van der Waals surface area (Å²) in [5.41, 5.74) is 1.03. The largest absolute Gasteiger partial charge is 0.478 e. The first-order valence-corrected chi connectivity index (χ1v) is 10.1. The number of aromatic carboxylic acids is 1. The summed E-state index contributed by atoms with van der Waals surface area (Å²) in [6, 6.07) is 12.0. The standard InChI is InChI=1S/C19H20N2O6S/c22-18(13-20-16-6-4-14(5-7-16)19(23)24)15-2-1-3-17(12-15)28(25,26)21-8-10-27-11-9-21/h1-7,12,20H,8-11,13H2,(H,23,24). The highest BCUT2D eigenvalue weighted by atomic mass is 32.2. The Hall–Kier alpha value is -2.75. The second-order valence-electron chi connectivity index (χ2n) is 6.20. The first kappa shape index (κ1) is 20.0. The maximum absolute atomic E-state index is 12.7. The summed E-state index contributed by atoms with van der Waals surface area (Å²) in [7, 11) is -3.67. The topological polar surface area (TPSA) is 113 Å². The Kier molecular flexibility index (Phi) is 6.08. The number of carboxylic acid groups (broad SMARTS) is 1. The van der Waals surface area contributed by atoms with Gasteiger partial charge in [0.15, 0.2) is 5.78 Å². The molecule has 0 aromatic heterocycles. The van der Waals surface area contributed by atoms with Crippen LogP contribution in [0.1, 0.15) is 20.7 Å². The molecule has 0 saturated carbocycles. The van der Waals surface area contributed by atoms with Gasteiger partial charge in [-0.15, -0.1) is 0 Å². The smallest absolute Gasteiger partial charge is 0.335 e. The lowest BCUT2D eigenvalue weighted by molar-refractivity contribution is 0.0696. The fourth-order valence-corrected chi connectivity index (χ4v) is 4.24. The number of nitrogens with zero attached hydrogens (tertiary/aromatic N) is 1. The quantitative estimate of drug-likeness (QED) is 0.675. The summed E-state index contributed by atoms with van der Waals surface area (Å²) in [6.45, 7) is 1.22. The van der Waals surface area contributed by atoms with Crippen molar-refractivity contribution in [1.29, 1.82) is 0 Å². The number of nitrogens with one attached hydrogen (secondary N) is 1. The van der Waals surface area contributed by atoms with Crippen molar-refractivity contribution in [1.82, 2.24) is 4.31 Å². The van der Waals surface area contributed by atoms with Crippen molar-refractivity contribution in [3.63, 3.8) is 0 Å². The number of benzene rings is 2. The summed E-state index contributed by atoms with van der Waals surface area (Å²) in [6.07, 6.45) is 0. The molecule has 3 rings (SSSR count). The van der Waals surface area contributed by atoms with E-state index in [0.717, 1.165) is 0 Å². The van der Waals surface area contributed by atoms with Crippen LogP contribution in [0.3, 0.4) is 0 Å². The molecule has 2 aromatic carbocycles. The Morgan fingerprint density at radius 3 is 2.36 bits per heavy atom. The third-order valence-electron chi connectivity index (χ3n) is 4.35. The van der Waals surface area contributed by atoms with Gasteiger partial charge < -0.3 is 15.2 Å². The van der Waals surface area contributed by atoms with E-state index in [4.69, 9.17) is 9.84 Å². The number of ketones is 1. The number of rotatable bonds is 7. The highest BCUT2D eigenvalue weighted by molar-refractivity contribution is 7.89. The fourth-order valence-electron chi connectivity index (χ4n) is 2.78.